The molecule has 1 saturated heterocycles. The maximum Gasteiger partial charge on any atom is 0.113 e. The van der Waals surface area contributed by atoms with Gasteiger partial charge in [0.2, 0.25) is 0 Å². The van der Waals surface area contributed by atoms with Crippen LogP contribution in [0.2, 0.25) is 5.02 Å². The number of ether oxygens (including phenoxy) is 1. The molecule has 1 fully saturated rings. The molecule has 1 aromatic heterocycles. The molecule has 4 N–H and O–H groups in total. The first-order chi connectivity index (χ1) is 16.3. The summed E-state index contributed by atoms with van der Waals surface area (Å²) >= 11 is 6.43. The average Bonchev–Trinajstić information content (AvgIpc) is 3.15. The van der Waals surface area contributed by atoms with Gasteiger partial charge in [0, 0.05) is 17.6 Å². The third-order valence-electron chi connectivity index (χ3n) is 5.98. The second kappa shape index (κ2) is 10.3. The molecule has 4 rings (SSSR count). The molecule has 1 aliphatic rings. The Morgan fingerprint density at radius 3 is 2.38 bits per heavy atom. The minimum absolute atomic E-state index is 0.475. The van der Waals surface area contributed by atoms with Crippen molar-refractivity contribution in [2.24, 2.45) is 7.05 Å². The molecule has 0 spiro atoms. The van der Waals surface area contributed by atoms with Gasteiger partial charge in [-0.15, -0.1) is 0 Å². The maximum atomic E-state index is 10.4. The van der Waals surface area contributed by atoms with Gasteiger partial charge in [-0.25, -0.2) is 0 Å². The fourth-order valence-corrected chi connectivity index (χ4v) is 4.26. The summed E-state index contributed by atoms with van der Waals surface area (Å²) in [6, 6.07) is 15.0. The van der Waals surface area contributed by atoms with E-state index in [4.69, 9.17) is 16.3 Å². The first-order valence-electron chi connectivity index (χ1n) is 11.0. The van der Waals surface area contributed by atoms with Crippen molar-refractivity contribution in [2.45, 2.75) is 43.9 Å². The zero-order valence-corrected chi connectivity index (χ0v) is 19.6. The number of hydrogen-bond donors (Lipinski definition) is 4. The summed E-state index contributed by atoms with van der Waals surface area (Å²) in [5.41, 5.74) is 5.09. The van der Waals surface area contributed by atoms with Crippen LogP contribution in [0.15, 0.2) is 48.5 Å². The number of nitrogens with zero attached hydrogens (tertiary/aromatic N) is 2. The molecule has 7 nitrogen and oxygen atoms in total. The van der Waals surface area contributed by atoms with Crippen LogP contribution in [-0.2, 0) is 18.2 Å². The summed E-state index contributed by atoms with van der Waals surface area (Å²) in [6.07, 6.45) is -5.50. The summed E-state index contributed by atoms with van der Waals surface area (Å²) in [5.74, 6) is 6.27. The van der Waals surface area contributed by atoms with Crippen molar-refractivity contribution in [2.75, 3.05) is 6.61 Å². The standard InChI is InChI=1S/C26H27ClN2O5/c1-15-11-20(29(2)28-15)9-7-16-3-5-17(6-4-16)12-19-13-18(8-10-21(19)27)26-25(33)24(32)23(31)22(14-30)34-26/h3-6,8,10-11,13,22-26,30-33H,12,14H2,1-2H3/t22-,23-,24+,25-,26+/m1/s1. The van der Waals surface area contributed by atoms with Gasteiger partial charge in [0.1, 0.15) is 36.2 Å². The molecule has 34 heavy (non-hydrogen) atoms. The van der Waals surface area contributed by atoms with Crippen molar-refractivity contribution in [3.63, 3.8) is 0 Å². The molecule has 0 bridgehead atoms. The third-order valence-corrected chi connectivity index (χ3v) is 6.34. The van der Waals surface area contributed by atoms with Crippen molar-refractivity contribution in [1.29, 1.82) is 0 Å². The average molecular weight is 483 g/mol. The van der Waals surface area contributed by atoms with E-state index in [0.29, 0.717) is 17.0 Å². The highest BCUT2D eigenvalue weighted by atomic mass is 35.5. The minimum Gasteiger partial charge on any atom is -0.394 e. The van der Waals surface area contributed by atoms with Crippen molar-refractivity contribution >= 4 is 11.6 Å². The highest BCUT2D eigenvalue weighted by Crippen LogP contribution is 2.34. The van der Waals surface area contributed by atoms with E-state index in [1.807, 2.05) is 50.4 Å². The van der Waals surface area contributed by atoms with Gasteiger partial charge in [-0.1, -0.05) is 41.8 Å². The van der Waals surface area contributed by atoms with Crippen LogP contribution < -0.4 is 0 Å². The number of aliphatic hydroxyl groups is 4. The molecule has 0 unspecified atom stereocenters. The molecular weight excluding hydrogens is 456 g/mol. The molecule has 2 aromatic carbocycles. The Morgan fingerprint density at radius 1 is 1.00 bits per heavy atom. The minimum atomic E-state index is -1.43. The Balaban J connectivity index is 1.51. The van der Waals surface area contributed by atoms with Gasteiger partial charge in [0.05, 0.1) is 12.3 Å². The summed E-state index contributed by atoms with van der Waals surface area (Å²) in [5, 5.41) is 44.9. The highest BCUT2D eigenvalue weighted by molar-refractivity contribution is 6.31. The van der Waals surface area contributed by atoms with Crippen LogP contribution in [0.25, 0.3) is 0 Å². The largest absolute Gasteiger partial charge is 0.394 e. The first-order valence-corrected chi connectivity index (χ1v) is 11.3. The van der Waals surface area contributed by atoms with Crippen molar-refractivity contribution in [3.05, 3.63) is 87.2 Å². The molecule has 0 aliphatic carbocycles. The van der Waals surface area contributed by atoms with Gasteiger partial charge in [-0.3, -0.25) is 4.68 Å². The monoisotopic (exact) mass is 482 g/mol. The smallest absolute Gasteiger partial charge is 0.113 e. The molecule has 1 aliphatic heterocycles. The normalized spacial score (nSPS) is 24.5. The fourth-order valence-electron chi connectivity index (χ4n) is 4.07. The molecule has 5 atom stereocenters. The van der Waals surface area contributed by atoms with E-state index in [2.05, 4.69) is 16.9 Å². The Kier molecular flexibility index (Phi) is 7.39. The van der Waals surface area contributed by atoms with Crippen LogP contribution in [-0.4, -0.2) is 61.2 Å². The zero-order valence-electron chi connectivity index (χ0n) is 18.9. The molecule has 0 radical (unpaired) electrons. The number of aliphatic hydroxyl groups excluding tert-OH is 4. The van der Waals surface area contributed by atoms with Crippen LogP contribution in [0.5, 0.6) is 0 Å². The molecule has 8 heteroatoms. The van der Waals surface area contributed by atoms with E-state index >= 15 is 0 Å². The van der Waals surface area contributed by atoms with Gasteiger partial charge in [0.25, 0.3) is 0 Å². The molecular formula is C26H27ClN2O5. The van der Waals surface area contributed by atoms with Crippen LogP contribution in [0, 0.1) is 18.8 Å². The summed E-state index contributed by atoms with van der Waals surface area (Å²) in [7, 11) is 1.86. The van der Waals surface area contributed by atoms with Crippen molar-refractivity contribution < 1.29 is 25.2 Å². The molecule has 0 saturated carbocycles. The molecule has 3 aromatic rings. The molecule has 0 amide bonds. The quantitative estimate of drug-likeness (QED) is 0.423. The summed E-state index contributed by atoms with van der Waals surface area (Å²) < 4.78 is 7.43. The van der Waals surface area contributed by atoms with E-state index in [1.54, 1.807) is 16.8 Å². The van der Waals surface area contributed by atoms with E-state index in [1.165, 1.54) is 0 Å². The predicted molar refractivity (Wildman–Crippen MR) is 127 cm³/mol. The first kappa shape index (κ1) is 24.4. The Labute approximate surface area is 203 Å². The van der Waals surface area contributed by atoms with Gasteiger partial charge in [0.15, 0.2) is 0 Å². The van der Waals surface area contributed by atoms with Gasteiger partial charge >= 0.3 is 0 Å². The van der Waals surface area contributed by atoms with Crippen molar-refractivity contribution in [1.82, 2.24) is 9.78 Å². The lowest BCUT2D eigenvalue weighted by atomic mass is 9.90. The van der Waals surface area contributed by atoms with Gasteiger partial charge in [-0.2, -0.15) is 5.10 Å². The number of rotatable bonds is 4. The molecule has 2 heterocycles. The number of hydrogen-bond acceptors (Lipinski definition) is 6. The lowest BCUT2D eigenvalue weighted by molar-refractivity contribution is -0.231. The Bertz CT molecular complexity index is 1210. The lowest BCUT2D eigenvalue weighted by Crippen LogP contribution is -2.55. The number of aromatic nitrogens is 2. The topological polar surface area (TPSA) is 108 Å². The van der Waals surface area contributed by atoms with Crippen LogP contribution >= 0.6 is 11.6 Å². The Hall–Kier alpha value is -2.70. The van der Waals surface area contributed by atoms with E-state index in [9.17, 15) is 20.4 Å². The lowest BCUT2D eigenvalue weighted by Gasteiger charge is -2.40. The third kappa shape index (κ3) is 5.18. The Morgan fingerprint density at radius 2 is 1.74 bits per heavy atom. The van der Waals surface area contributed by atoms with E-state index in [0.717, 1.165) is 28.1 Å². The van der Waals surface area contributed by atoms with Crippen LogP contribution in [0.4, 0.5) is 0 Å². The van der Waals surface area contributed by atoms with E-state index < -0.39 is 37.1 Å². The van der Waals surface area contributed by atoms with E-state index in [-0.39, 0.29) is 0 Å². The number of aryl methyl sites for hydroxylation is 2. The van der Waals surface area contributed by atoms with Crippen LogP contribution in [0.3, 0.4) is 0 Å². The second-order valence-corrected chi connectivity index (χ2v) is 8.93. The predicted octanol–water partition coefficient (Wildman–Crippen LogP) is 1.89. The summed E-state index contributed by atoms with van der Waals surface area (Å²) in [6.45, 7) is 1.45. The maximum absolute atomic E-state index is 10.4. The zero-order chi connectivity index (χ0) is 24.4. The van der Waals surface area contributed by atoms with Crippen molar-refractivity contribution in [3.8, 4) is 11.8 Å². The second-order valence-electron chi connectivity index (χ2n) is 8.52. The summed E-state index contributed by atoms with van der Waals surface area (Å²) in [4.78, 5) is 0. The highest BCUT2D eigenvalue weighted by Gasteiger charge is 2.44. The molecule has 178 valence electrons. The van der Waals surface area contributed by atoms with Gasteiger partial charge in [-0.05, 0) is 60.2 Å². The number of halogens is 1. The van der Waals surface area contributed by atoms with Gasteiger partial charge < -0.3 is 25.2 Å². The van der Waals surface area contributed by atoms with Crippen LogP contribution in [0.1, 0.15) is 39.7 Å². The fraction of sp³-hybridized carbons (Fsp3) is 0.346. The SMILES string of the molecule is Cc1cc(C#Cc2ccc(Cc3cc([C@@H]4O[C@H](CO)[C@@H](O)[C@H](O)[C@H]4O)ccc3Cl)cc2)n(C)n1. The number of benzene rings is 2.